The predicted molar refractivity (Wildman–Crippen MR) is 160 cm³/mol. The second-order valence-electron chi connectivity index (χ2n) is 10.5. The quantitative estimate of drug-likeness (QED) is 0.330. The summed E-state index contributed by atoms with van der Waals surface area (Å²) in [6.07, 6.45) is 0.719. The number of aryl methyl sites for hydroxylation is 1. The highest BCUT2D eigenvalue weighted by Gasteiger charge is 2.31. The minimum absolute atomic E-state index is 0.0470. The third-order valence-corrected chi connectivity index (χ3v) is 8.84. The maximum atomic E-state index is 13.4. The lowest BCUT2D eigenvalue weighted by Crippen LogP contribution is -2.58. The minimum atomic E-state index is -0.278. The molecule has 2 aliphatic heterocycles. The van der Waals surface area contributed by atoms with Crippen LogP contribution in [0.2, 0.25) is 0 Å². The number of imidazole rings is 1. The summed E-state index contributed by atoms with van der Waals surface area (Å²) in [6, 6.07) is 10.1. The Hall–Kier alpha value is -3.65. The molecule has 1 atom stereocenters. The summed E-state index contributed by atoms with van der Waals surface area (Å²) < 4.78 is 20.6. The summed E-state index contributed by atoms with van der Waals surface area (Å²) in [4.78, 5) is 30.6. The monoisotopic (exact) mass is 594 g/mol. The number of ether oxygens (including phenoxy) is 1. The summed E-state index contributed by atoms with van der Waals surface area (Å²) in [5.74, 6) is 1.41. The van der Waals surface area contributed by atoms with Gasteiger partial charge in [-0.1, -0.05) is 6.92 Å². The van der Waals surface area contributed by atoms with E-state index in [9.17, 15) is 14.3 Å². The molecule has 6 rings (SSSR count). The first-order chi connectivity index (χ1) is 20.4. The van der Waals surface area contributed by atoms with Crippen LogP contribution in [0.3, 0.4) is 0 Å². The summed E-state index contributed by atoms with van der Waals surface area (Å²) in [7, 11) is 1.95. The van der Waals surface area contributed by atoms with E-state index in [1.165, 1.54) is 23.5 Å². The molecule has 2 fully saturated rings. The molecule has 13 heteroatoms. The Balaban J connectivity index is 1.22. The third kappa shape index (κ3) is 5.69. The summed E-state index contributed by atoms with van der Waals surface area (Å²) in [5.41, 5.74) is 3.27. The van der Waals surface area contributed by atoms with Crippen molar-refractivity contribution < 1.29 is 19.0 Å². The number of hydrogen-bond donors (Lipinski definition) is 1. The maximum Gasteiger partial charge on any atom is 0.236 e. The van der Waals surface area contributed by atoms with Crippen LogP contribution in [0.15, 0.2) is 41.8 Å². The zero-order valence-corrected chi connectivity index (χ0v) is 24.6. The van der Waals surface area contributed by atoms with Gasteiger partial charge in [-0.15, -0.1) is 16.4 Å². The Labute approximate surface area is 247 Å². The third-order valence-electron chi connectivity index (χ3n) is 7.92. The van der Waals surface area contributed by atoms with E-state index in [0.717, 1.165) is 45.8 Å². The van der Waals surface area contributed by atoms with Gasteiger partial charge in [-0.05, 0) is 42.8 Å². The Morgan fingerprint density at radius 1 is 1.12 bits per heavy atom. The number of thiazole rings is 1. The number of halogens is 1. The van der Waals surface area contributed by atoms with E-state index >= 15 is 0 Å². The van der Waals surface area contributed by atoms with Crippen molar-refractivity contribution in [3.05, 3.63) is 53.3 Å². The van der Waals surface area contributed by atoms with E-state index in [2.05, 4.69) is 16.7 Å². The van der Waals surface area contributed by atoms with Crippen molar-refractivity contribution in [1.29, 1.82) is 0 Å². The lowest BCUT2D eigenvalue weighted by molar-refractivity contribution is -0.137. The van der Waals surface area contributed by atoms with Gasteiger partial charge in [-0.25, -0.2) is 14.4 Å². The average molecular weight is 595 g/mol. The van der Waals surface area contributed by atoms with Gasteiger partial charge in [0.25, 0.3) is 0 Å². The molecule has 42 heavy (non-hydrogen) atoms. The van der Waals surface area contributed by atoms with Crippen LogP contribution in [0.4, 0.5) is 21.2 Å². The molecule has 222 valence electrons. The second-order valence-corrected chi connectivity index (χ2v) is 11.4. The van der Waals surface area contributed by atoms with Gasteiger partial charge in [0.1, 0.15) is 11.6 Å². The Kier molecular flexibility index (Phi) is 8.34. The molecule has 4 aromatic rings. The number of carbonyl (C=O) groups excluding carboxylic acids is 1. The van der Waals surface area contributed by atoms with Crippen LogP contribution in [-0.2, 0) is 16.0 Å². The lowest BCUT2D eigenvalue weighted by atomic mass is 10.1. The molecule has 0 saturated carbocycles. The van der Waals surface area contributed by atoms with Crippen molar-refractivity contribution in [2.24, 2.45) is 0 Å². The number of aliphatic hydroxyl groups is 1. The topological polar surface area (TPSA) is 103 Å². The Morgan fingerprint density at radius 2 is 1.90 bits per heavy atom. The van der Waals surface area contributed by atoms with Crippen LogP contribution in [-0.4, -0.2) is 113 Å². The lowest BCUT2D eigenvalue weighted by Gasteiger charge is -2.41. The number of fused-ring (bicyclic) bond motifs is 1. The SMILES string of the molecule is CCc1nc2ccc(N3CCN(CC(=O)N4CCOCC4)C(CO)C3)nn2c1N(C)c1nc(-c2ccc(F)cc2)cs1. The van der Waals surface area contributed by atoms with Gasteiger partial charge in [-0.3, -0.25) is 9.69 Å². The molecule has 1 aromatic carbocycles. The molecular weight excluding hydrogens is 559 g/mol. The number of anilines is 3. The van der Waals surface area contributed by atoms with Gasteiger partial charge in [0.15, 0.2) is 16.6 Å². The summed E-state index contributed by atoms with van der Waals surface area (Å²) in [6.45, 7) is 6.55. The number of nitrogens with zero attached hydrogens (tertiary/aromatic N) is 8. The Morgan fingerprint density at radius 3 is 2.64 bits per heavy atom. The van der Waals surface area contributed by atoms with E-state index in [1.54, 1.807) is 12.1 Å². The average Bonchev–Trinajstić information content (AvgIpc) is 3.67. The number of aliphatic hydroxyl groups excluding tert-OH is 1. The smallest absolute Gasteiger partial charge is 0.236 e. The van der Waals surface area contributed by atoms with E-state index in [1.807, 2.05) is 38.9 Å². The maximum absolute atomic E-state index is 13.4. The van der Waals surface area contributed by atoms with Crippen molar-refractivity contribution in [3.8, 4) is 11.3 Å². The number of carbonyl (C=O) groups is 1. The minimum Gasteiger partial charge on any atom is -0.395 e. The second kappa shape index (κ2) is 12.3. The van der Waals surface area contributed by atoms with Gasteiger partial charge in [0, 0.05) is 50.7 Å². The van der Waals surface area contributed by atoms with Crippen LogP contribution < -0.4 is 9.80 Å². The van der Waals surface area contributed by atoms with E-state index in [0.29, 0.717) is 45.9 Å². The molecule has 0 spiro atoms. The summed E-state index contributed by atoms with van der Waals surface area (Å²) >= 11 is 1.50. The van der Waals surface area contributed by atoms with Crippen LogP contribution in [0.25, 0.3) is 16.9 Å². The normalized spacial score (nSPS) is 18.1. The fourth-order valence-corrected chi connectivity index (χ4v) is 6.33. The number of benzene rings is 1. The number of amides is 1. The van der Waals surface area contributed by atoms with Crippen molar-refractivity contribution >= 4 is 39.7 Å². The highest BCUT2D eigenvalue weighted by Crippen LogP contribution is 2.34. The standard InChI is InChI=1S/C29H35FN8O3S/c1-3-23-28(34(2)29-32-24(19-42-29)20-4-6-21(30)7-5-20)38-25(31-23)8-9-26(33-38)37-11-10-36(22(16-37)18-39)17-27(40)35-12-14-41-15-13-35/h4-9,19,22,39H,3,10-18H2,1-2H3. The van der Waals surface area contributed by atoms with E-state index < -0.39 is 0 Å². The number of rotatable bonds is 8. The highest BCUT2D eigenvalue weighted by molar-refractivity contribution is 7.14. The molecule has 1 unspecified atom stereocenters. The van der Waals surface area contributed by atoms with Crippen LogP contribution in [0.1, 0.15) is 12.6 Å². The fraction of sp³-hybridized carbons (Fsp3) is 0.448. The molecule has 1 N–H and O–H groups in total. The molecule has 2 aliphatic rings. The van der Waals surface area contributed by atoms with Gasteiger partial charge < -0.3 is 24.5 Å². The number of aromatic nitrogens is 4. The number of piperazine rings is 1. The molecule has 2 saturated heterocycles. The Bertz CT molecular complexity index is 1540. The first-order valence-electron chi connectivity index (χ1n) is 14.2. The molecule has 11 nitrogen and oxygen atoms in total. The zero-order valence-electron chi connectivity index (χ0n) is 23.8. The van der Waals surface area contributed by atoms with Crippen LogP contribution in [0, 0.1) is 5.82 Å². The molecule has 5 heterocycles. The van der Waals surface area contributed by atoms with Crippen molar-refractivity contribution in [1.82, 2.24) is 29.4 Å². The molecule has 0 radical (unpaired) electrons. The van der Waals surface area contributed by atoms with Crippen molar-refractivity contribution in [3.63, 3.8) is 0 Å². The molecular formula is C29H35FN8O3S. The molecule has 3 aromatic heterocycles. The molecule has 0 bridgehead atoms. The fourth-order valence-electron chi connectivity index (χ4n) is 5.53. The first kappa shape index (κ1) is 28.5. The largest absolute Gasteiger partial charge is 0.395 e. The number of hydrogen-bond acceptors (Lipinski definition) is 10. The molecule has 1 amide bonds. The highest BCUT2D eigenvalue weighted by atomic mass is 32.1. The van der Waals surface area contributed by atoms with Gasteiger partial charge in [-0.2, -0.15) is 4.52 Å². The first-order valence-corrected chi connectivity index (χ1v) is 15.1. The van der Waals surface area contributed by atoms with Gasteiger partial charge in [0.2, 0.25) is 5.91 Å². The van der Waals surface area contributed by atoms with Crippen LogP contribution >= 0.6 is 11.3 Å². The summed E-state index contributed by atoms with van der Waals surface area (Å²) in [5, 5.41) is 18.0. The van der Waals surface area contributed by atoms with E-state index in [4.69, 9.17) is 19.8 Å². The van der Waals surface area contributed by atoms with Crippen LogP contribution in [0.5, 0.6) is 0 Å². The van der Waals surface area contributed by atoms with Crippen molar-refractivity contribution in [2.45, 2.75) is 19.4 Å². The van der Waals surface area contributed by atoms with Crippen molar-refractivity contribution in [2.75, 3.05) is 75.9 Å². The van der Waals surface area contributed by atoms with Gasteiger partial charge in [0.05, 0.1) is 43.8 Å². The number of morpholine rings is 1. The predicted octanol–water partition coefficient (Wildman–Crippen LogP) is 2.66. The molecule has 0 aliphatic carbocycles. The zero-order chi connectivity index (χ0) is 29.2. The van der Waals surface area contributed by atoms with Gasteiger partial charge >= 0.3 is 0 Å². The van der Waals surface area contributed by atoms with E-state index in [-0.39, 0.29) is 30.9 Å².